The monoisotopic (exact) mass is 224 g/mol. The Bertz CT molecular complexity index is 424. The van der Waals surface area contributed by atoms with E-state index in [1.165, 1.54) is 24.3 Å². The fraction of sp³-hybridized carbons (Fsp3) is 0.300. The Balaban J connectivity index is 2.92. The normalized spacial score (nSPS) is 10.9. The summed E-state index contributed by atoms with van der Waals surface area (Å²) >= 11 is 0. The lowest BCUT2D eigenvalue weighted by Crippen LogP contribution is -2.51. The van der Waals surface area contributed by atoms with Gasteiger partial charge in [0.1, 0.15) is 0 Å². The first kappa shape index (κ1) is 12.1. The molecule has 0 aliphatic rings. The maximum Gasteiger partial charge on any atom is 0.296 e. The third-order valence-electron chi connectivity index (χ3n) is 1.76. The molecule has 1 N–H and O–H groups in total. The average Bonchev–Trinajstić information content (AvgIpc) is 2.15. The molecule has 1 aromatic rings. The summed E-state index contributed by atoms with van der Waals surface area (Å²) in [6, 6.07) is 5.63. The van der Waals surface area contributed by atoms with Gasteiger partial charge < -0.3 is 0 Å². The van der Waals surface area contributed by atoms with Crippen LogP contribution in [0.3, 0.4) is 0 Å². The van der Waals surface area contributed by atoms with Gasteiger partial charge in [0, 0.05) is 12.1 Å². The average molecular weight is 224 g/mol. The topological polar surface area (TPSA) is 72.2 Å². The van der Waals surface area contributed by atoms with Crippen molar-refractivity contribution in [3.63, 3.8) is 0 Å². The Morgan fingerprint density at radius 1 is 1.38 bits per heavy atom. The zero-order chi connectivity index (χ0) is 12.3. The van der Waals surface area contributed by atoms with Gasteiger partial charge in [-0.2, -0.15) is 5.43 Å². The van der Waals surface area contributed by atoms with Crippen molar-refractivity contribution < 1.29 is 14.3 Å². The second-order valence-electron chi connectivity index (χ2n) is 4.26. The molecule has 86 valence electrons. The molecule has 0 radical (unpaired) electrons. The number of hydrogen-bond donors (Lipinski definition) is 1. The van der Waals surface area contributed by atoms with Crippen molar-refractivity contribution >= 4 is 11.6 Å². The molecule has 0 saturated heterocycles. The third kappa shape index (κ3) is 3.32. The van der Waals surface area contributed by atoms with Crippen LogP contribution >= 0.6 is 0 Å². The second-order valence-corrected chi connectivity index (χ2v) is 4.26. The molecule has 0 heterocycles. The predicted octanol–water partition coefficient (Wildman–Crippen LogP) is 0.946. The molecule has 0 atom stereocenters. The van der Waals surface area contributed by atoms with E-state index < -0.39 is 4.92 Å². The number of quaternary nitrogens is 1. The van der Waals surface area contributed by atoms with E-state index in [9.17, 15) is 14.9 Å². The van der Waals surface area contributed by atoms with E-state index in [1.807, 2.05) is 0 Å². The summed E-state index contributed by atoms with van der Waals surface area (Å²) in [6.45, 7) is 0. The van der Waals surface area contributed by atoms with Crippen molar-refractivity contribution in [2.24, 2.45) is 0 Å². The lowest BCUT2D eigenvalue weighted by atomic mass is 10.2. The molecule has 0 unspecified atom stereocenters. The first-order valence-electron chi connectivity index (χ1n) is 4.68. The van der Waals surface area contributed by atoms with Crippen LogP contribution in [0.4, 0.5) is 5.69 Å². The van der Waals surface area contributed by atoms with E-state index >= 15 is 0 Å². The van der Waals surface area contributed by atoms with Crippen LogP contribution in [0.5, 0.6) is 0 Å². The highest BCUT2D eigenvalue weighted by molar-refractivity contribution is 5.93. The van der Waals surface area contributed by atoms with Crippen LogP contribution < -0.4 is 5.43 Å². The van der Waals surface area contributed by atoms with Gasteiger partial charge in [0.2, 0.25) is 0 Å². The van der Waals surface area contributed by atoms with Gasteiger partial charge in [-0.05, 0) is 6.07 Å². The zero-order valence-electron chi connectivity index (χ0n) is 9.43. The molecular formula is C10H14N3O3+. The smallest absolute Gasteiger partial charge is 0.264 e. The van der Waals surface area contributed by atoms with E-state index in [-0.39, 0.29) is 21.8 Å². The summed E-state index contributed by atoms with van der Waals surface area (Å²) < 4.78 is 0.252. The Labute approximate surface area is 93.2 Å². The maximum atomic E-state index is 11.7. The maximum absolute atomic E-state index is 11.7. The Kier molecular flexibility index (Phi) is 3.24. The van der Waals surface area contributed by atoms with Crippen molar-refractivity contribution in [3.05, 3.63) is 39.9 Å². The summed E-state index contributed by atoms with van der Waals surface area (Å²) in [5.74, 6) is -0.337. The fourth-order valence-electron chi connectivity index (χ4n) is 1.13. The van der Waals surface area contributed by atoms with Gasteiger partial charge in [0.25, 0.3) is 11.6 Å². The number of rotatable bonds is 3. The van der Waals surface area contributed by atoms with Crippen LogP contribution in [-0.4, -0.2) is 36.6 Å². The standard InChI is InChI=1S/C10H13N3O3/c1-13(2,3)11-10(14)8-5-4-6-9(7-8)12(15)16/h4-7H,1-3H3/p+1. The van der Waals surface area contributed by atoms with Crippen LogP contribution in [0.25, 0.3) is 0 Å². The molecule has 0 bridgehead atoms. The number of nitrogens with one attached hydrogen (secondary N) is 1. The highest BCUT2D eigenvalue weighted by Gasteiger charge is 2.16. The molecular weight excluding hydrogens is 210 g/mol. The molecule has 0 aliphatic carbocycles. The second kappa shape index (κ2) is 4.28. The number of carbonyl (C=O) groups excluding carboxylic acids is 1. The lowest BCUT2D eigenvalue weighted by Gasteiger charge is -2.23. The van der Waals surface area contributed by atoms with Gasteiger partial charge in [-0.25, -0.2) is 4.59 Å². The summed E-state index contributed by atoms with van der Waals surface area (Å²) in [6.07, 6.45) is 0. The number of amides is 1. The molecule has 1 amide bonds. The van der Waals surface area contributed by atoms with Crippen LogP contribution in [0.15, 0.2) is 24.3 Å². The van der Waals surface area contributed by atoms with Gasteiger partial charge in [-0.3, -0.25) is 14.9 Å². The Morgan fingerprint density at radius 2 is 2.00 bits per heavy atom. The van der Waals surface area contributed by atoms with Crippen LogP contribution in [0, 0.1) is 10.1 Å². The highest BCUT2D eigenvalue weighted by Crippen LogP contribution is 2.13. The molecule has 1 aromatic carbocycles. The van der Waals surface area contributed by atoms with Crippen LogP contribution in [0.1, 0.15) is 10.4 Å². The molecule has 16 heavy (non-hydrogen) atoms. The first-order chi connectivity index (χ1) is 7.29. The van der Waals surface area contributed by atoms with Gasteiger partial charge >= 0.3 is 0 Å². The van der Waals surface area contributed by atoms with Crippen molar-refractivity contribution in [2.45, 2.75) is 0 Å². The summed E-state index contributed by atoms with van der Waals surface area (Å²) in [7, 11) is 5.36. The van der Waals surface area contributed by atoms with Gasteiger partial charge in [0.05, 0.1) is 31.6 Å². The van der Waals surface area contributed by atoms with E-state index in [0.717, 1.165) is 0 Å². The molecule has 0 saturated carbocycles. The number of non-ortho nitro benzene ring substituents is 1. The summed E-state index contributed by atoms with van der Waals surface area (Å²) in [5, 5.41) is 10.5. The minimum Gasteiger partial charge on any atom is -0.264 e. The summed E-state index contributed by atoms with van der Waals surface area (Å²) in [5.41, 5.74) is 2.87. The number of nitrogens with zero attached hydrogens (tertiary/aromatic N) is 2. The molecule has 0 aliphatic heterocycles. The number of nitro benzene ring substituents is 1. The zero-order valence-corrected chi connectivity index (χ0v) is 9.43. The molecule has 0 aromatic heterocycles. The molecule has 1 rings (SSSR count). The number of nitro groups is 1. The van der Waals surface area contributed by atoms with E-state index in [4.69, 9.17) is 0 Å². The quantitative estimate of drug-likeness (QED) is 0.472. The van der Waals surface area contributed by atoms with Crippen LogP contribution in [-0.2, 0) is 0 Å². The fourth-order valence-corrected chi connectivity index (χ4v) is 1.13. The minimum absolute atomic E-state index is 0.0888. The Morgan fingerprint density at radius 3 is 2.50 bits per heavy atom. The van der Waals surface area contributed by atoms with Gasteiger partial charge in [-0.15, -0.1) is 0 Å². The number of benzene rings is 1. The molecule has 6 nitrogen and oxygen atoms in total. The number of carbonyl (C=O) groups is 1. The predicted molar refractivity (Wildman–Crippen MR) is 58.6 cm³/mol. The van der Waals surface area contributed by atoms with Crippen molar-refractivity contribution in [1.82, 2.24) is 5.43 Å². The van der Waals surface area contributed by atoms with Gasteiger partial charge in [-0.1, -0.05) is 6.07 Å². The van der Waals surface area contributed by atoms with E-state index in [0.29, 0.717) is 0 Å². The molecule has 0 fully saturated rings. The number of hydrogen-bond acceptors (Lipinski definition) is 3. The Hall–Kier alpha value is -1.95. The van der Waals surface area contributed by atoms with Crippen molar-refractivity contribution in [2.75, 3.05) is 21.1 Å². The van der Waals surface area contributed by atoms with Gasteiger partial charge in [0.15, 0.2) is 0 Å². The third-order valence-corrected chi connectivity index (χ3v) is 1.76. The lowest BCUT2D eigenvalue weighted by molar-refractivity contribution is -0.905. The van der Waals surface area contributed by atoms with E-state index in [2.05, 4.69) is 5.43 Å². The van der Waals surface area contributed by atoms with Crippen LogP contribution in [0.2, 0.25) is 0 Å². The first-order valence-corrected chi connectivity index (χ1v) is 4.68. The molecule has 6 heteroatoms. The van der Waals surface area contributed by atoms with Crippen molar-refractivity contribution in [3.8, 4) is 0 Å². The minimum atomic E-state index is -0.525. The largest absolute Gasteiger partial charge is 0.296 e. The molecule has 0 spiro atoms. The SMILES string of the molecule is C[N+](C)(C)NC(=O)c1cccc([N+](=O)[O-])c1. The van der Waals surface area contributed by atoms with Crippen molar-refractivity contribution in [1.29, 1.82) is 0 Å². The highest BCUT2D eigenvalue weighted by atomic mass is 16.6. The summed E-state index contributed by atoms with van der Waals surface area (Å²) in [4.78, 5) is 21.7. The van der Waals surface area contributed by atoms with E-state index in [1.54, 1.807) is 21.1 Å².